The number of hydrogen-bond donors (Lipinski definition) is 0. The lowest BCUT2D eigenvalue weighted by molar-refractivity contribution is 0.0566. The molecule has 1 saturated heterocycles. The number of likely N-dealkylation sites (tertiary alicyclic amines) is 1. The number of aromatic nitrogens is 1. The molecule has 0 N–H and O–H groups in total. The monoisotopic (exact) mass is 423 g/mol. The molecule has 3 rings (SSSR count). The van der Waals surface area contributed by atoms with Crippen LogP contribution in [0, 0.1) is 0 Å². The van der Waals surface area contributed by atoms with Gasteiger partial charge in [-0.15, -0.1) is 0 Å². The Morgan fingerprint density at radius 3 is 2.55 bits per heavy atom. The first kappa shape index (κ1) is 23.3. The molecule has 0 spiro atoms. The first-order chi connectivity index (χ1) is 14.8. The summed E-state index contributed by atoms with van der Waals surface area (Å²) in [5, 5.41) is 0. The van der Waals surface area contributed by atoms with Gasteiger partial charge in [0.05, 0.1) is 0 Å². The van der Waals surface area contributed by atoms with Crippen LogP contribution in [0.1, 0.15) is 77.5 Å². The predicted molar refractivity (Wildman–Crippen MR) is 126 cm³/mol. The summed E-state index contributed by atoms with van der Waals surface area (Å²) in [5.74, 6) is 0.651. The second-order valence-electron chi connectivity index (χ2n) is 9.52. The maximum atomic E-state index is 12.9. The van der Waals surface area contributed by atoms with Crippen LogP contribution in [0.3, 0.4) is 0 Å². The SMILES string of the molecule is CCC(C)N(C(=O)OC(C)(C)C)c1ccc(C2CCCCN2Cc2ccccc2)cn1. The van der Waals surface area contributed by atoms with Crippen molar-refractivity contribution < 1.29 is 9.53 Å². The predicted octanol–water partition coefficient (Wildman–Crippen LogP) is 6.35. The lowest BCUT2D eigenvalue weighted by atomic mass is 9.95. The van der Waals surface area contributed by atoms with Crippen molar-refractivity contribution in [2.24, 2.45) is 0 Å². The fourth-order valence-electron chi connectivity index (χ4n) is 4.11. The Kier molecular flexibility index (Phi) is 7.71. The van der Waals surface area contributed by atoms with E-state index < -0.39 is 5.60 Å². The average Bonchev–Trinajstić information content (AvgIpc) is 2.74. The molecule has 2 atom stereocenters. The van der Waals surface area contributed by atoms with E-state index in [1.165, 1.54) is 24.0 Å². The van der Waals surface area contributed by atoms with Crippen molar-refractivity contribution in [1.82, 2.24) is 9.88 Å². The third-order valence-corrected chi connectivity index (χ3v) is 5.87. The Hall–Kier alpha value is -2.40. The number of piperidine rings is 1. The minimum atomic E-state index is -0.539. The zero-order valence-electron chi connectivity index (χ0n) is 19.7. The van der Waals surface area contributed by atoms with Gasteiger partial charge in [0.1, 0.15) is 11.4 Å². The molecule has 5 nitrogen and oxygen atoms in total. The molecule has 1 aliphatic rings. The number of carbonyl (C=O) groups is 1. The van der Waals surface area contributed by atoms with E-state index in [4.69, 9.17) is 9.72 Å². The Morgan fingerprint density at radius 1 is 1.19 bits per heavy atom. The van der Waals surface area contributed by atoms with E-state index in [1.807, 2.05) is 40.0 Å². The van der Waals surface area contributed by atoms with E-state index in [2.05, 4.69) is 48.2 Å². The van der Waals surface area contributed by atoms with Crippen LogP contribution < -0.4 is 4.90 Å². The minimum Gasteiger partial charge on any atom is -0.443 e. The largest absolute Gasteiger partial charge is 0.443 e. The Morgan fingerprint density at radius 2 is 1.94 bits per heavy atom. The standard InChI is InChI=1S/C26H37N3O2/c1-6-20(2)29(25(30)31-26(3,4)5)24-16-15-22(18-27-24)23-14-10-11-17-28(23)19-21-12-8-7-9-13-21/h7-9,12-13,15-16,18,20,23H,6,10-11,14,17,19H2,1-5H3. The van der Waals surface area contributed by atoms with Crippen LogP contribution in [0.4, 0.5) is 10.6 Å². The highest BCUT2D eigenvalue weighted by atomic mass is 16.6. The smallest absolute Gasteiger partial charge is 0.416 e. The van der Waals surface area contributed by atoms with Crippen molar-refractivity contribution in [2.75, 3.05) is 11.4 Å². The Bertz CT molecular complexity index is 830. The zero-order chi connectivity index (χ0) is 22.4. The molecule has 2 aromatic rings. The summed E-state index contributed by atoms with van der Waals surface area (Å²) in [4.78, 5) is 21.8. The van der Waals surface area contributed by atoms with Crippen LogP contribution in [0.15, 0.2) is 48.7 Å². The molecular formula is C26H37N3O2. The van der Waals surface area contributed by atoms with Gasteiger partial charge >= 0.3 is 6.09 Å². The van der Waals surface area contributed by atoms with Gasteiger partial charge in [-0.1, -0.05) is 49.7 Å². The second kappa shape index (κ2) is 10.3. The van der Waals surface area contributed by atoms with Crippen molar-refractivity contribution in [3.05, 3.63) is 59.8 Å². The first-order valence-corrected chi connectivity index (χ1v) is 11.5. The number of pyridine rings is 1. The fourth-order valence-corrected chi connectivity index (χ4v) is 4.11. The molecule has 0 aliphatic carbocycles. The van der Waals surface area contributed by atoms with Crippen LogP contribution in [-0.4, -0.2) is 34.2 Å². The highest BCUT2D eigenvalue weighted by molar-refractivity contribution is 5.87. The number of hydrogen-bond acceptors (Lipinski definition) is 4. The summed E-state index contributed by atoms with van der Waals surface area (Å²) in [7, 11) is 0. The quantitative estimate of drug-likeness (QED) is 0.543. The maximum Gasteiger partial charge on any atom is 0.416 e. The van der Waals surface area contributed by atoms with Crippen molar-refractivity contribution in [1.29, 1.82) is 0 Å². The van der Waals surface area contributed by atoms with Crippen LogP contribution >= 0.6 is 0 Å². The van der Waals surface area contributed by atoms with Crippen LogP contribution in [0.2, 0.25) is 0 Å². The highest BCUT2D eigenvalue weighted by Gasteiger charge is 2.29. The topological polar surface area (TPSA) is 45.7 Å². The Balaban J connectivity index is 1.79. The summed E-state index contributed by atoms with van der Waals surface area (Å²) < 4.78 is 5.65. The molecular weight excluding hydrogens is 386 g/mol. The van der Waals surface area contributed by atoms with Gasteiger partial charge in [-0.25, -0.2) is 9.78 Å². The van der Waals surface area contributed by atoms with Crippen molar-refractivity contribution in [2.45, 2.75) is 84.5 Å². The molecule has 1 aliphatic heterocycles. The van der Waals surface area contributed by atoms with E-state index in [9.17, 15) is 4.79 Å². The molecule has 5 heteroatoms. The van der Waals surface area contributed by atoms with Gasteiger partial charge in [0.15, 0.2) is 0 Å². The summed E-state index contributed by atoms with van der Waals surface area (Å²) >= 11 is 0. The van der Waals surface area contributed by atoms with Crippen molar-refractivity contribution in [3.8, 4) is 0 Å². The molecule has 168 valence electrons. The van der Waals surface area contributed by atoms with Crippen molar-refractivity contribution >= 4 is 11.9 Å². The normalized spacial score (nSPS) is 18.4. The summed E-state index contributed by atoms with van der Waals surface area (Å²) in [5.41, 5.74) is 2.02. The van der Waals surface area contributed by atoms with Gasteiger partial charge in [-0.2, -0.15) is 0 Å². The van der Waals surface area contributed by atoms with E-state index in [-0.39, 0.29) is 12.1 Å². The molecule has 0 radical (unpaired) electrons. The molecule has 2 unspecified atom stereocenters. The number of carbonyl (C=O) groups excluding carboxylic acids is 1. The number of rotatable bonds is 6. The third-order valence-electron chi connectivity index (χ3n) is 5.87. The number of nitrogens with zero attached hydrogens (tertiary/aromatic N) is 3. The zero-order valence-corrected chi connectivity index (χ0v) is 19.7. The van der Waals surface area contributed by atoms with Crippen molar-refractivity contribution in [3.63, 3.8) is 0 Å². The first-order valence-electron chi connectivity index (χ1n) is 11.5. The van der Waals surface area contributed by atoms with E-state index in [0.29, 0.717) is 11.9 Å². The lowest BCUT2D eigenvalue weighted by Crippen LogP contribution is -2.42. The van der Waals surface area contributed by atoms with Gasteiger partial charge in [0.2, 0.25) is 0 Å². The van der Waals surface area contributed by atoms with E-state index >= 15 is 0 Å². The van der Waals surface area contributed by atoms with Gasteiger partial charge in [-0.05, 0) is 70.7 Å². The average molecular weight is 424 g/mol. The molecule has 1 amide bonds. The lowest BCUT2D eigenvalue weighted by Gasteiger charge is -2.36. The van der Waals surface area contributed by atoms with Gasteiger partial charge in [0.25, 0.3) is 0 Å². The highest BCUT2D eigenvalue weighted by Crippen LogP contribution is 2.33. The second-order valence-corrected chi connectivity index (χ2v) is 9.52. The minimum absolute atomic E-state index is 0.0115. The summed E-state index contributed by atoms with van der Waals surface area (Å²) in [6.45, 7) is 11.8. The number of amides is 1. The van der Waals surface area contributed by atoms with Crippen LogP contribution in [-0.2, 0) is 11.3 Å². The molecule has 1 aromatic heterocycles. The molecule has 1 aromatic carbocycles. The molecule has 0 saturated carbocycles. The molecule has 1 fully saturated rings. The fraction of sp³-hybridized carbons (Fsp3) is 0.538. The summed E-state index contributed by atoms with van der Waals surface area (Å²) in [6, 6.07) is 15.1. The number of ether oxygens (including phenoxy) is 1. The maximum absolute atomic E-state index is 12.9. The summed E-state index contributed by atoms with van der Waals surface area (Å²) in [6.07, 6.45) is 6.03. The van der Waals surface area contributed by atoms with Gasteiger partial charge in [-0.3, -0.25) is 9.80 Å². The van der Waals surface area contributed by atoms with E-state index in [0.717, 1.165) is 25.9 Å². The molecule has 0 bridgehead atoms. The molecule has 31 heavy (non-hydrogen) atoms. The van der Waals surface area contributed by atoms with Gasteiger partial charge < -0.3 is 4.74 Å². The molecule has 2 heterocycles. The van der Waals surface area contributed by atoms with Gasteiger partial charge in [0, 0.05) is 24.8 Å². The van der Waals surface area contributed by atoms with Crippen LogP contribution in [0.25, 0.3) is 0 Å². The van der Waals surface area contributed by atoms with E-state index in [1.54, 1.807) is 4.90 Å². The van der Waals surface area contributed by atoms with Crippen LogP contribution in [0.5, 0.6) is 0 Å². The number of benzene rings is 1. The number of anilines is 1. The Labute approximate surface area is 187 Å². The third kappa shape index (κ3) is 6.30.